The molecule has 0 amide bonds. The number of carboxylic acids is 1. The molecule has 0 fully saturated rings. The van der Waals surface area contributed by atoms with Gasteiger partial charge in [0.25, 0.3) is 0 Å². The van der Waals surface area contributed by atoms with Crippen molar-refractivity contribution < 1.29 is 14.7 Å². The molecule has 0 saturated heterocycles. The maximum atomic E-state index is 12.5. The van der Waals surface area contributed by atoms with Crippen LogP contribution in [0.2, 0.25) is 0 Å². The number of anilines is 2. The first-order chi connectivity index (χ1) is 11.0. The summed E-state index contributed by atoms with van der Waals surface area (Å²) in [7, 11) is 3.93. The molecular formula is C18H17N2O3-. The number of carbonyl (C=O) groups is 2. The fourth-order valence-corrected chi connectivity index (χ4v) is 2.85. The zero-order valence-corrected chi connectivity index (χ0v) is 13.0. The second kappa shape index (κ2) is 5.76. The molecule has 1 aliphatic heterocycles. The highest BCUT2D eigenvalue weighted by Crippen LogP contribution is 2.30. The molecule has 5 nitrogen and oxygen atoms in total. The van der Waals surface area contributed by atoms with Gasteiger partial charge in [-0.3, -0.25) is 4.79 Å². The van der Waals surface area contributed by atoms with Crippen molar-refractivity contribution in [3.63, 3.8) is 0 Å². The Hall–Kier alpha value is -2.82. The van der Waals surface area contributed by atoms with Crippen molar-refractivity contribution in [1.82, 2.24) is 0 Å². The molecule has 1 aliphatic rings. The van der Waals surface area contributed by atoms with E-state index in [2.05, 4.69) is 5.32 Å². The number of Topliss-reactive ketones (excluding diaryl/α,β-unsaturated/α-hetero) is 1. The second-order valence-corrected chi connectivity index (χ2v) is 5.84. The van der Waals surface area contributed by atoms with E-state index < -0.39 is 12.0 Å². The first kappa shape index (κ1) is 15.1. The largest absolute Gasteiger partial charge is 0.545 e. The predicted octanol–water partition coefficient (Wildman–Crippen LogP) is 1.34. The summed E-state index contributed by atoms with van der Waals surface area (Å²) in [4.78, 5) is 25.7. The minimum absolute atomic E-state index is 0.0505. The number of carbonyl (C=O) groups excluding carboxylic acids is 2. The summed E-state index contributed by atoms with van der Waals surface area (Å²) >= 11 is 0. The van der Waals surface area contributed by atoms with Gasteiger partial charge in [-0.2, -0.15) is 0 Å². The molecule has 2 aromatic carbocycles. The van der Waals surface area contributed by atoms with Crippen LogP contribution in [0.3, 0.4) is 0 Å². The molecule has 1 heterocycles. The Balaban J connectivity index is 1.82. The number of ketones is 1. The molecule has 0 bridgehead atoms. The van der Waals surface area contributed by atoms with E-state index in [9.17, 15) is 14.7 Å². The summed E-state index contributed by atoms with van der Waals surface area (Å²) in [6.45, 7) is 0. The molecular weight excluding hydrogens is 292 g/mol. The normalized spacial score (nSPS) is 15.9. The van der Waals surface area contributed by atoms with Crippen molar-refractivity contribution in [3.8, 4) is 0 Å². The number of carboxylic acid groups (broad SMARTS) is 1. The van der Waals surface area contributed by atoms with Gasteiger partial charge in [0.05, 0.1) is 17.6 Å². The van der Waals surface area contributed by atoms with Crippen LogP contribution in [0, 0.1) is 0 Å². The van der Waals surface area contributed by atoms with Crippen molar-refractivity contribution >= 4 is 23.1 Å². The Morgan fingerprint density at radius 2 is 1.87 bits per heavy atom. The lowest BCUT2D eigenvalue weighted by molar-refractivity contribution is -0.255. The van der Waals surface area contributed by atoms with Gasteiger partial charge in [-0.25, -0.2) is 0 Å². The van der Waals surface area contributed by atoms with E-state index in [0.29, 0.717) is 12.1 Å². The Labute approximate surface area is 134 Å². The zero-order chi connectivity index (χ0) is 16.6. The van der Waals surface area contributed by atoms with Crippen LogP contribution in [0.15, 0.2) is 42.5 Å². The summed E-state index contributed by atoms with van der Waals surface area (Å²) in [6, 6.07) is 12.2. The summed E-state index contributed by atoms with van der Waals surface area (Å²) < 4.78 is 0. The van der Waals surface area contributed by atoms with Gasteiger partial charge < -0.3 is 20.1 Å². The summed E-state index contributed by atoms with van der Waals surface area (Å²) in [5.74, 6) is -1.52. The van der Waals surface area contributed by atoms with Crippen molar-refractivity contribution in [3.05, 3.63) is 59.2 Å². The van der Waals surface area contributed by atoms with Crippen LogP contribution < -0.4 is 15.3 Å². The number of nitrogens with zero attached hydrogens (tertiary/aromatic N) is 1. The maximum Gasteiger partial charge on any atom is 0.188 e. The molecule has 0 aliphatic carbocycles. The number of aromatic carboxylic acids is 1. The Kier molecular flexibility index (Phi) is 3.78. The monoisotopic (exact) mass is 309 g/mol. The number of fused-ring (bicyclic) bond motifs is 1. The average Bonchev–Trinajstić information content (AvgIpc) is 2.84. The SMILES string of the molecule is CN(C)c1ccc(C[C@H]2Nc3cccc(C(=O)[O-])c3C2=O)cc1. The highest BCUT2D eigenvalue weighted by atomic mass is 16.4. The molecule has 0 unspecified atom stereocenters. The predicted molar refractivity (Wildman–Crippen MR) is 87.0 cm³/mol. The number of hydrogen-bond acceptors (Lipinski definition) is 5. The molecule has 0 radical (unpaired) electrons. The standard InChI is InChI=1S/C18H18N2O3/c1-20(2)12-8-6-11(7-9-12)10-15-17(21)16-13(18(22)23)4-3-5-14(16)19-15/h3-9,15,19H,10H2,1-2H3,(H,22,23)/p-1/t15-/m1/s1. The van der Waals surface area contributed by atoms with E-state index in [0.717, 1.165) is 11.3 Å². The molecule has 1 atom stereocenters. The number of benzene rings is 2. The molecule has 0 saturated carbocycles. The minimum atomic E-state index is -1.33. The highest BCUT2D eigenvalue weighted by molar-refractivity contribution is 6.16. The first-order valence-corrected chi connectivity index (χ1v) is 7.38. The minimum Gasteiger partial charge on any atom is -0.545 e. The van der Waals surface area contributed by atoms with Crippen LogP contribution in [0.25, 0.3) is 0 Å². The molecule has 0 spiro atoms. The van der Waals surface area contributed by atoms with E-state index in [-0.39, 0.29) is 16.9 Å². The zero-order valence-electron chi connectivity index (χ0n) is 13.0. The van der Waals surface area contributed by atoms with E-state index in [1.54, 1.807) is 12.1 Å². The van der Waals surface area contributed by atoms with Crippen molar-refractivity contribution in [1.29, 1.82) is 0 Å². The average molecular weight is 309 g/mol. The third-order valence-electron chi connectivity index (χ3n) is 4.07. The summed E-state index contributed by atoms with van der Waals surface area (Å²) in [6.07, 6.45) is 0.508. The number of hydrogen-bond donors (Lipinski definition) is 1. The van der Waals surface area contributed by atoms with E-state index in [1.165, 1.54) is 6.07 Å². The lowest BCUT2D eigenvalue weighted by Crippen LogP contribution is -2.27. The topological polar surface area (TPSA) is 72.5 Å². The molecule has 118 valence electrons. The van der Waals surface area contributed by atoms with Crippen molar-refractivity contribution in [2.24, 2.45) is 0 Å². The smallest absolute Gasteiger partial charge is 0.188 e. The van der Waals surface area contributed by atoms with Crippen LogP contribution in [-0.4, -0.2) is 31.9 Å². The number of rotatable bonds is 4. The summed E-state index contributed by atoms with van der Waals surface area (Å²) in [5.41, 5.74) is 2.84. The lowest BCUT2D eigenvalue weighted by atomic mass is 9.98. The van der Waals surface area contributed by atoms with Gasteiger partial charge in [-0.15, -0.1) is 0 Å². The Bertz CT molecular complexity index is 766. The third-order valence-corrected chi connectivity index (χ3v) is 4.07. The van der Waals surface area contributed by atoms with Crippen molar-refractivity contribution in [2.45, 2.75) is 12.5 Å². The molecule has 2 aromatic rings. The van der Waals surface area contributed by atoms with Crippen LogP contribution >= 0.6 is 0 Å². The summed E-state index contributed by atoms with van der Waals surface area (Å²) in [5, 5.41) is 14.3. The molecule has 0 aromatic heterocycles. The van der Waals surface area contributed by atoms with E-state index >= 15 is 0 Å². The maximum absolute atomic E-state index is 12.5. The van der Waals surface area contributed by atoms with Crippen LogP contribution in [0.4, 0.5) is 11.4 Å². The quantitative estimate of drug-likeness (QED) is 0.922. The molecule has 1 N–H and O–H groups in total. The van der Waals surface area contributed by atoms with Gasteiger partial charge in [0.2, 0.25) is 0 Å². The highest BCUT2D eigenvalue weighted by Gasteiger charge is 2.32. The first-order valence-electron chi connectivity index (χ1n) is 7.38. The Morgan fingerprint density at radius 3 is 2.48 bits per heavy atom. The van der Waals surface area contributed by atoms with Crippen molar-refractivity contribution in [2.75, 3.05) is 24.3 Å². The van der Waals surface area contributed by atoms with E-state index in [1.807, 2.05) is 43.3 Å². The van der Waals surface area contributed by atoms with E-state index in [4.69, 9.17) is 0 Å². The third kappa shape index (κ3) is 2.77. The number of nitrogens with one attached hydrogen (secondary N) is 1. The van der Waals surface area contributed by atoms with Crippen LogP contribution in [0.5, 0.6) is 0 Å². The van der Waals surface area contributed by atoms with Gasteiger partial charge in [-0.05, 0) is 23.8 Å². The van der Waals surface area contributed by atoms with Crippen LogP contribution in [0.1, 0.15) is 26.3 Å². The lowest BCUT2D eigenvalue weighted by Gasteiger charge is -2.14. The van der Waals surface area contributed by atoms with Crippen LogP contribution in [-0.2, 0) is 6.42 Å². The molecule has 5 heteroatoms. The molecule has 23 heavy (non-hydrogen) atoms. The second-order valence-electron chi connectivity index (χ2n) is 5.84. The van der Waals surface area contributed by atoms with Gasteiger partial charge >= 0.3 is 0 Å². The van der Waals surface area contributed by atoms with Gasteiger partial charge in [0.15, 0.2) is 5.78 Å². The van der Waals surface area contributed by atoms with Gasteiger partial charge in [0, 0.05) is 37.5 Å². The molecule has 3 rings (SSSR count). The van der Waals surface area contributed by atoms with Gasteiger partial charge in [0.1, 0.15) is 0 Å². The fourth-order valence-electron chi connectivity index (χ4n) is 2.85. The fraction of sp³-hybridized carbons (Fsp3) is 0.222. The van der Waals surface area contributed by atoms with Gasteiger partial charge in [-0.1, -0.05) is 24.3 Å². The Morgan fingerprint density at radius 1 is 1.17 bits per heavy atom.